The summed E-state index contributed by atoms with van der Waals surface area (Å²) in [6.45, 7) is 11.7. The van der Waals surface area contributed by atoms with Crippen molar-refractivity contribution in [2.75, 3.05) is 0 Å². The highest BCUT2D eigenvalue weighted by molar-refractivity contribution is 5.40. The zero-order chi connectivity index (χ0) is 9.40. The predicted molar refractivity (Wildman–Crippen MR) is 57.1 cm³/mol. The molecule has 0 nitrogen and oxygen atoms in total. The summed E-state index contributed by atoms with van der Waals surface area (Å²) < 4.78 is 0. The average molecular weight is 162 g/mol. The van der Waals surface area contributed by atoms with Crippen molar-refractivity contribution < 1.29 is 0 Å². The van der Waals surface area contributed by atoms with Gasteiger partial charge in [0.1, 0.15) is 0 Å². The van der Waals surface area contributed by atoms with Gasteiger partial charge in [0.15, 0.2) is 0 Å². The highest BCUT2D eigenvalue weighted by Crippen LogP contribution is 2.16. The molecule has 0 spiro atoms. The van der Waals surface area contributed by atoms with Crippen LogP contribution in [0.4, 0.5) is 0 Å². The van der Waals surface area contributed by atoms with Crippen molar-refractivity contribution in [3.8, 4) is 0 Å². The lowest BCUT2D eigenvalue weighted by Crippen LogP contribution is -1.85. The van der Waals surface area contributed by atoms with Crippen molar-refractivity contribution in [3.05, 3.63) is 48.6 Å². The molecule has 0 aliphatic carbocycles. The first-order chi connectivity index (χ1) is 5.79. The third kappa shape index (κ3) is 3.38. The van der Waals surface area contributed by atoms with Gasteiger partial charge in [-0.25, -0.2) is 0 Å². The molecule has 0 atom stereocenters. The number of rotatable bonds is 5. The molecule has 0 radical (unpaired) electrons. The molecule has 0 amide bonds. The molecule has 0 heteroatoms. The van der Waals surface area contributed by atoms with E-state index in [-0.39, 0.29) is 0 Å². The van der Waals surface area contributed by atoms with Crippen LogP contribution in [0.2, 0.25) is 0 Å². The zero-order valence-corrected chi connectivity index (χ0v) is 8.14. The van der Waals surface area contributed by atoms with Crippen LogP contribution in [0, 0.1) is 0 Å². The second kappa shape index (κ2) is 6.66. The predicted octanol–water partition coefficient (Wildman–Crippen LogP) is 4.03. The van der Waals surface area contributed by atoms with E-state index >= 15 is 0 Å². The Morgan fingerprint density at radius 1 is 1.33 bits per heavy atom. The normalized spacial score (nSPS) is 12.8. The van der Waals surface area contributed by atoms with Gasteiger partial charge in [0, 0.05) is 0 Å². The molecule has 0 aromatic rings. The van der Waals surface area contributed by atoms with Crippen molar-refractivity contribution in [3.63, 3.8) is 0 Å². The Bertz CT molecular complexity index is 204. The lowest BCUT2D eigenvalue weighted by atomic mass is 10.0. The molecule has 0 rings (SSSR count). The van der Waals surface area contributed by atoms with Crippen LogP contribution in [-0.2, 0) is 0 Å². The lowest BCUT2D eigenvalue weighted by Gasteiger charge is -2.05. The lowest BCUT2D eigenvalue weighted by molar-refractivity contribution is 0.915. The fourth-order valence-corrected chi connectivity index (χ4v) is 1.16. The molecule has 0 aromatic carbocycles. The second-order valence-corrected chi connectivity index (χ2v) is 2.63. The molecule has 0 heterocycles. The summed E-state index contributed by atoms with van der Waals surface area (Å²) >= 11 is 0. The van der Waals surface area contributed by atoms with Crippen LogP contribution in [0.25, 0.3) is 0 Å². The van der Waals surface area contributed by atoms with E-state index in [1.54, 1.807) is 6.08 Å². The molecule has 0 fully saturated rings. The van der Waals surface area contributed by atoms with Gasteiger partial charge in [-0.1, -0.05) is 50.8 Å². The van der Waals surface area contributed by atoms with Crippen molar-refractivity contribution in [2.45, 2.75) is 26.7 Å². The van der Waals surface area contributed by atoms with Crippen LogP contribution in [-0.4, -0.2) is 0 Å². The number of hydrogen-bond donors (Lipinski definition) is 0. The smallest absolute Gasteiger partial charge is 0.0234 e. The van der Waals surface area contributed by atoms with Gasteiger partial charge in [0.2, 0.25) is 0 Å². The van der Waals surface area contributed by atoms with Crippen LogP contribution in [0.15, 0.2) is 48.6 Å². The van der Waals surface area contributed by atoms with Crippen LogP contribution < -0.4 is 0 Å². The van der Waals surface area contributed by atoms with Crippen LogP contribution in [0.3, 0.4) is 0 Å². The maximum absolute atomic E-state index is 3.77. The van der Waals surface area contributed by atoms with Gasteiger partial charge in [-0.05, 0) is 24.5 Å². The van der Waals surface area contributed by atoms with Gasteiger partial charge < -0.3 is 0 Å². The van der Waals surface area contributed by atoms with Gasteiger partial charge in [0.05, 0.1) is 0 Å². The molecule has 0 aliphatic rings. The Labute approximate surface area is 76.0 Å². The molecule has 0 bridgehead atoms. The van der Waals surface area contributed by atoms with Crippen molar-refractivity contribution in [1.82, 2.24) is 0 Å². The average Bonchev–Trinajstić information content (AvgIpc) is 2.11. The van der Waals surface area contributed by atoms with Crippen molar-refractivity contribution in [1.29, 1.82) is 0 Å². The third-order valence-corrected chi connectivity index (χ3v) is 1.76. The molecule has 0 N–H and O–H groups in total. The summed E-state index contributed by atoms with van der Waals surface area (Å²) in [6.07, 6.45) is 10.1. The Kier molecular flexibility index (Phi) is 6.08. The van der Waals surface area contributed by atoms with Crippen LogP contribution in [0.1, 0.15) is 26.7 Å². The fourth-order valence-electron chi connectivity index (χ4n) is 1.16. The molecule has 0 saturated carbocycles. The minimum atomic E-state index is 1.11. The highest BCUT2D eigenvalue weighted by atomic mass is 14.0. The fraction of sp³-hybridized carbons (Fsp3) is 0.333. The van der Waals surface area contributed by atoms with Gasteiger partial charge in [-0.15, -0.1) is 0 Å². The van der Waals surface area contributed by atoms with Crippen LogP contribution in [0.5, 0.6) is 0 Å². The summed E-state index contributed by atoms with van der Waals surface area (Å²) in [4.78, 5) is 0. The van der Waals surface area contributed by atoms with E-state index in [9.17, 15) is 0 Å². The molecule has 0 aromatic heterocycles. The van der Waals surface area contributed by atoms with E-state index in [2.05, 4.69) is 33.1 Å². The van der Waals surface area contributed by atoms with E-state index < -0.39 is 0 Å². The molecular formula is C12H18. The van der Waals surface area contributed by atoms with Gasteiger partial charge in [-0.2, -0.15) is 0 Å². The third-order valence-electron chi connectivity index (χ3n) is 1.76. The van der Waals surface area contributed by atoms with Crippen molar-refractivity contribution in [2.24, 2.45) is 0 Å². The van der Waals surface area contributed by atoms with Gasteiger partial charge >= 0.3 is 0 Å². The molecule has 0 aliphatic heterocycles. The summed E-state index contributed by atoms with van der Waals surface area (Å²) in [6, 6.07) is 0. The standard InChI is InChI=1S/C12H18/c1-5-9-11(7-3)12(8-4)10-6-2/h5,7-9H,1,3,6,10H2,2,4H3/b11-9-,12-8-. The second-order valence-electron chi connectivity index (χ2n) is 2.63. The Morgan fingerprint density at radius 3 is 2.33 bits per heavy atom. The van der Waals surface area contributed by atoms with E-state index in [1.807, 2.05) is 12.2 Å². The number of hydrogen-bond acceptors (Lipinski definition) is 0. The Balaban J connectivity index is 4.56. The zero-order valence-electron chi connectivity index (χ0n) is 8.14. The maximum Gasteiger partial charge on any atom is -0.0234 e. The van der Waals surface area contributed by atoms with E-state index in [4.69, 9.17) is 0 Å². The molecule has 0 unspecified atom stereocenters. The minimum Gasteiger partial charge on any atom is -0.0990 e. The van der Waals surface area contributed by atoms with E-state index in [0.717, 1.165) is 6.42 Å². The number of allylic oxidation sites excluding steroid dienone is 6. The highest BCUT2D eigenvalue weighted by Gasteiger charge is 1.97. The molecule has 66 valence electrons. The Hall–Kier alpha value is -1.04. The van der Waals surface area contributed by atoms with Gasteiger partial charge in [-0.3, -0.25) is 0 Å². The summed E-state index contributed by atoms with van der Waals surface area (Å²) in [5.41, 5.74) is 2.54. The maximum atomic E-state index is 3.77. The largest absolute Gasteiger partial charge is 0.0990 e. The molecular weight excluding hydrogens is 144 g/mol. The monoisotopic (exact) mass is 162 g/mol. The van der Waals surface area contributed by atoms with Gasteiger partial charge in [0.25, 0.3) is 0 Å². The minimum absolute atomic E-state index is 1.11. The first-order valence-electron chi connectivity index (χ1n) is 4.40. The SMILES string of the molecule is C=C/C=C(C=C)\C(=C/C)CCC. The topological polar surface area (TPSA) is 0 Å². The summed E-state index contributed by atoms with van der Waals surface area (Å²) in [7, 11) is 0. The molecule has 0 saturated heterocycles. The Morgan fingerprint density at radius 2 is 2.00 bits per heavy atom. The first kappa shape index (κ1) is 11.0. The summed E-state index contributed by atoms with van der Waals surface area (Å²) in [5.74, 6) is 0. The van der Waals surface area contributed by atoms with E-state index in [1.165, 1.54) is 17.6 Å². The quantitative estimate of drug-likeness (QED) is 0.535. The van der Waals surface area contributed by atoms with Crippen molar-refractivity contribution >= 4 is 0 Å². The molecule has 12 heavy (non-hydrogen) atoms. The van der Waals surface area contributed by atoms with Crippen LogP contribution >= 0.6 is 0 Å². The summed E-state index contributed by atoms with van der Waals surface area (Å²) in [5, 5.41) is 0. The first-order valence-corrected chi connectivity index (χ1v) is 4.40. The van der Waals surface area contributed by atoms with E-state index in [0.29, 0.717) is 0 Å².